The number of hydrogen-bond donors (Lipinski definition) is 1. The smallest absolute Gasteiger partial charge is 0.228 e. The predicted octanol–water partition coefficient (Wildman–Crippen LogP) is -0.270. The van der Waals surface area contributed by atoms with Crippen molar-refractivity contribution < 1.29 is 22.1 Å². The maximum absolute atomic E-state index is 12.5. The third kappa shape index (κ3) is 5.19. The van der Waals surface area contributed by atoms with E-state index in [2.05, 4.69) is 35.3 Å². The lowest BCUT2D eigenvalue weighted by molar-refractivity contribution is -0.918. The summed E-state index contributed by atoms with van der Waals surface area (Å²) in [4.78, 5) is 20.3. The predicted molar refractivity (Wildman–Crippen MR) is 101 cm³/mol. The van der Waals surface area contributed by atoms with Gasteiger partial charge in [-0.3, -0.25) is 9.69 Å². The topological polar surface area (TPSA) is 37.6 Å². The number of rotatable bonds is 5. The third-order valence-corrected chi connectivity index (χ3v) is 5.05. The number of anilines is 1. The number of pyridine rings is 1. The summed E-state index contributed by atoms with van der Waals surface area (Å²) in [6, 6.07) is 16.3. The molecule has 6 heteroatoms. The molecule has 1 amide bonds. The third-order valence-electron chi connectivity index (χ3n) is 4.84. The van der Waals surface area contributed by atoms with Crippen LogP contribution in [0.15, 0.2) is 48.5 Å². The summed E-state index contributed by atoms with van der Waals surface area (Å²) in [6.45, 7) is 5.07. The molecule has 1 aromatic carbocycles. The van der Waals surface area contributed by atoms with E-state index in [9.17, 15) is 4.79 Å². The minimum absolute atomic E-state index is 0. The van der Waals surface area contributed by atoms with Gasteiger partial charge >= 0.3 is 0 Å². The van der Waals surface area contributed by atoms with Crippen LogP contribution in [0.2, 0.25) is 5.15 Å². The van der Waals surface area contributed by atoms with Crippen LogP contribution < -0.4 is 22.2 Å². The van der Waals surface area contributed by atoms with Gasteiger partial charge in [-0.25, -0.2) is 4.98 Å². The highest BCUT2D eigenvalue weighted by Gasteiger charge is 2.31. The summed E-state index contributed by atoms with van der Waals surface area (Å²) < 4.78 is 0. The Morgan fingerprint density at radius 3 is 2.46 bits per heavy atom. The van der Waals surface area contributed by atoms with Gasteiger partial charge in [-0.2, -0.15) is 0 Å². The van der Waals surface area contributed by atoms with Crippen molar-refractivity contribution in [1.29, 1.82) is 0 Å². The Balaban J connectivity index is 0.00000243. The highest BCUT2D eigenvalue weighted by molar-refractivity contribution is 6.29. The second kappa shape index (κ2) is 9.91. The maximum atomic E-state index is 12.5. The van der Waals surface area contributed by atoms with Gasteiger partial charge in [0.05, 0.1) is 13.1 Å². The molecular weight excluding hydrogens is 369 g/mol. The first-order chi connectivity index (χ1) is 12.2. The molecular formula is C20H25Cl2N3O. The largest absolute Gasteiger partial charge is 1.00 e. The van der Waals surface area contributed by atoms with Crippen LogP contribution in [0.3, 0.4) is 0 Å². The number of halogens is 2. The number of aromatic nitrogens is 1. The zero-order valence-corrected chi connectivity index (χ0v) is 16.5. The van der Waals surface area contributed by atoms with E-state index < -0.39 is 0 Å². The van der Waals surface area contributed by atoms with Crippen molar-refractivity contribution in [2.75, 3.05) is 18.0 Å². The van der Waals surface area contributed by atoms with Crippen molar-refractivity contribution in [2.24, 2.45) is 0 Å². The molecule has 0 atom stereocenters. The number of quaternary nitrogens is 1. The molecule has 2 aromatic rings. The molecule has 0 spiro atoms. The maximum Gasteiger partial charge on any atom is 0.228 e. The molecule has 3 rings (SSSR count). The first-order valence-electron chi connectivity index (χ1n) is 8.99. The summed E-state index contributed by atoms with van der Waals surface area (Å²) in [5.41, 5.74) is 1.37. The molecule has 1 fully saturated rings. The van der Waals surface area contributed by atoms with Gasteiger partial charge < -0.3 is 17.3 Å². The standard InChI is InChI=1S/C20H24ClN3O.ClH/c1-2-20(25)24(19-10-6-9-18(21)22-19)17-11-13-23(14-12-17)15-16-7-4-3-5-8-16;/h3-10,17H,2,11-15H2,1H3;1H. The van der Waals surface area contributed by atoms with Crippen LogP contribution in [0.25, 0.3) is 0 Å². The summed E-state index contributed by atoms with van der Waals surface area (Å²) in [6.07, 6.45) is 2.45. The van der Waals surface area contributed by atoms with Crippen LogP contribution >= 0.6 is 11.6 Å². The highest BCUT2D eigenvalue weighted by Crippen LogP contribution is 2.22. The van der Waals surface area contributed by atoms with Gasteiger partial charge in [-0.1, -0.05) is 54.9 Å². The lowest BCUT2D eigenvalue weighted by Gasteiger charge is -2.36. The van der Waals surface area contributed by atoms with Crippen LogP contribution in [0.1, 0.15) is 31.7 Å². The second-order valence-corrected chi connectivity index (χ2v) is 6.97. The normalized spacial score (nSPS) is 19.5. The van der Waals surface area contributed by atoms with Crippen LogP contribution in [-0.2, 0) is 11.3 Å². The average Bonchev–Trinajstić information content (AvgIpc) is 2.64. The monoisotopic (exact) mass is 393 g/mol. The number of nitrogens with zero attached hydrogens (tertiary/aromatic N) is 2. The van der Waals surface area contributed by atoms with Crippen LogP contribution in [0.4, 0.5) is 5.82 Å². The number of piperidine rings is 1. The molecule has 0 unspecified atom stereocenters. The first-order valence-corrected chi connectivity index (χ1v) is 9.37. The van der Waals surface area contributed by atoms with Crippen molar-refractivity contribution in [3.05, 3.63) is 59.2 Å². The Hall–Kier alpha value is -1.62. The minimum atomic E-state index is 0. The van der Waals surface area contributed by atoms with E-state index in [0.717, 1.165) is 32.5 Å². The van der Waals surface area contributed by atoms with Gasteiger partial charge in [0.15, 0.2) is 0 Å². The van der Waals surface area contributed by atoms with Crippen molar-refractivity contribution in [2.45, 2.75) is 38.8 Å². The van der Waals surface area contributed by atoms with Crippen LogP contribution in [-0.4, -0.2) is 30.0 Å². The molecule has 1 N–H and O–H groups in total. The fourth-order valence-corrected chi connectivity index (χ4v) is 3.71. The number of benzene rings is 1. The van der Waals surface area contributed by atoms with E-state index >= 15 is 0 Å². The molecule has 0 aliphatic carbocycles. The minimum Gasteiger partial charge on any atom is -1.00 e. The first kappa shape index (κ1) is 20.7. The molecule has 1 aliphatic rings. The van der Waals surface area contributed by atoms with Gasteiger partial charge in [-0.15, -0.1) is 0 Å². The molecule has 0 bridgehead atoms. The Bertz CT molecular complexity index is 703. The van der Waals surface area contributed by atoms with Crippen molar-refractivity contribution in [1.82, 2.24) is 4.98 Å². The van der Waals surface area contributed by atoms with Gasteiger partial charge in [0.1, 0.15) is 17.5 Å². The van der Waals surface area contributed by atoms with Crippen LogP contribution in [0.5, 0.6) is 0 Å². The lowest BCUT2D eigenvalue weighted by atomic mass is 10.0. The van der Waals surface area contributed by atoms with Crippen molar-refractivity contribution >= 4 is 23.3 Å². The van der Waals surface area contributed by atoms with E-state index in [4.69, 9.17) is 11.6 Å². The van der Waals surface area contributed by atoms with E-state index in [0.29, 0.717) is 17.4 Å². The fourth-order valence-electron chi connectivity index (χ4n) is 3.55. The van der Waals surface area contributed by atoms with Gasteiger partial charge in [0, 0.05) is 30.9 Å². The molecule has 0 radical (unpaired) electrons. The number of amides is 1. The Kier molecular flexibility index (Phi) is 7.88. The number of hydrogen-bond acceptors (Lipinski definition) is 2. The van der Waals surface area contributed by atoms with Gasteiger partial charge in [0.25, 0.3) is 0 Å². The number of carbonyl (C=O) groups is 1. The summed E-state index contributed by atoms with van der Waals surface area (Å²) in [7, 11) is 0. The molecule has 2 heterocycles. The summed E-state index contributed by atoms with van der Waals surface area (Å²) in [5, 5.41) is 0.429. The molecule has 1 aromatic heterocycles. The van der Waals surface area contributed by atoms with E-state index in [1.54, 1.807) is 11.0 Å². The summed E-state index contributed by atoms with van der Waals surface area (Å²) in [5.74, 6) is 0.794. The molecule has 4 nitrogen and oxygen atoms in total. The van der Waals surface area contributed by atoms with E-state index in [-0.39, 0.29) is 24.4 Å². The zero-order chi connectivity index (χ0) is 17.6. The van der Waals surface area contributed by atoms with Gasteiger partial charge in [-0.05, 0) is 12.1 Å². The number of nitrogens with one attached hydrogen (secondary N) is 1. The average molecular weight is 394 g/mol. The molecule has 140 valence electrons. The Morgan fingerprint density at radius 1 is 1.15 bits per heavy atom. The van der Waals surface area contributed by atoms with E-state index in [1.807, 2.05) is 24.0 Å². The Labute approximate surface area is 166 Å². The fraction of sp³-hybridized carbons (Fsp3) is 0.400. The molecule has 1 aliphatic heterocycles. The van der Waals surface area contributed by atoms with E-state index in [1.165, 1.54) is 5.56 Å². The van der Waals surface area contributed by atoms with Crippen LogP contribution in [0, 0.1) is 0 Å². The summed E-state index contributed by atoms with van der Waals surface area (Å²) >= 11 is 6.04. The number of likely N-dealkylation sites (tertiary alicyclic amines) is 1. The number of carbonyl (C=O) groups excluding carboxylic acids is 1. The quantitative estimate of drug-likeness (QED) is 0.710. The second-order valence-electron chi connectivity index (χ2n) is 6.58. The Morgan fingerprint density at radius 2 is 1.85 bits per heavy atom. The zero-order valence-electron chi connectivity index (χ0n) is 15.0. The highest BCUT2D eigenvalue weighted by atomic mass is 35.5. The molecule has 1 saturated heterocycles. The van der Waals surface area contributed by atoms with Gasteiger partial charge in [0.2, 0.25) is 5.91 Å². The van der Waals surface area contributed by atoms with Crippen molar-refractivity contribution in [3.8, 4) is 0 Å². The SMILES string of the molecule is CCC(=O)N(c1cccc(Cl)n1)C1CC[NH+](Cc2ccccc2)CC1.[Cl-]. The van der Waals surface area contributed by atoms with Crippen molar-refractivity contribution in [3.63, 3.8) is 0 Å². The molecule has 26 heavy (non-hydrogen) atoms. The lowest BCUT2D eigenvalue weighted by Crippen LogP contribution is -3.12. The molecule has 0 saturated carbocycles.